The molecule has 0 atom stereocenters. The SMILES string of the molecule is CC(C)(O)CN1CCN(C(=O)c2ccc(F)cc2F)CC1. The number of carbonyl (C=O) groups is 1. The van der Waals surface area contributed by atoms with E-state index in [9.17, 15) is 18.7 Å². The van der Waals surface area contributed by atoms with Gasteiger partial charge in [0.2, 0.25) is 0 Å². The number of amides is 1. The molecule has 2 rings (SSSR count). The van der Waals surface area contributed by atoms with Crippen LogP contribution in [0.1, 0.15) is 24.2 Å². The van der Waals surface area contributed by atoms with Crippen LogP contribution in [0.15, 0.2) is 18.2 Å². The molecule has 21 heavy (non-hydrogen) atoms. The molecule has 1 aliphatic heterocycles. The van der Waals surface area contributed by atoms with E-state index in [4.69, 9.17) is 0 Å². The molecule has 1 saturated heterocycles. The first-order valence-electron chi connectivity index (χ1n) is 6.95. The van der Waals surface area contributed by atoms with Crippen LogP contribution in [0.3, 0.4) is 0 Å². The molecule has 0 saturated carbocycles. The number of rotatable bonds is 3. The molecule has 0 bridgehead atoms. The zero-order valence-electron chi connectivity index (χ0n) is 12.3. The highest BCUT2D eigenvalue weighted by Gasteiger charge is 2.26. The van der Waals surface area contributed by atoms with Crippen molar-refractivity contribution in [1.82, 2.24) is 9.80 Å². The summed E-state index contributed by atoms with van der Waals surface area (Å²) < 4.78 is 26.5. The molecular formula is C15H20F2N2O2. The van der Waals surface area contributed by atoms with Crippen LogP contribution >= 0.6 is 0 Å². The number of nitrogens with zero attached hydrogens (tertiary/aromatic N) is 2. The first-order chi connectivity index (χ1) is 9.76. The van der Waals surface area contributed by atoms with Gasteiger partial charge in [0.05, 0.1) is 11.2 Å². The maximum absolute atomic E-state index is 13.6. The highest BCUT2D eigenvalue weighted by atomic mass is 19.1. The van der Waals surface area contributed by atoms with Crippen LogP contribution in [0.4, 0.5) is 8.78 Å². The molecule has 0 aliphatic carbocycles. The van der Waals surface area contributed by atoms with E-state index in [0.717, 1.165) is 12.1 Å². The molecule has 0 unspecified atom stereocenters. The number of hydrogen-bond acceptors (Lipinski definition) is 3. The smallest absolute Gasteiger partial charge is 0.256 e. The van der Waals surface area contributed by atoms with Gasteiger partial charge in [-0.15, -0.1) is 0 Å². The third-order valence-corrected chi connectivity index (χ3v) is 3.43. The lowest BCUT2D eigenvalue weighted by Crippen LogP contribution is -2.52. The number of β-amino-alcohol motifs (C(OH)–C–C–N with tert-alkyl or cyclic N) is 1. The van der Waals surface area contributed by atoms with Crippen molar-refractivity contribution in [1.29, 1.82) is 0 Å². The number of carbonyl (C=O) groups excluding carboxylic acids is 1. The Morgan fingerprint density at radius 2 is 1.86 bits per heavy atom. The van der Waals surface area contributed by atoms with Crippen molar-refractivity contribution in [2.75, 3.05) is 32.7 Å². The van der Waals surface area contributed by atoms with Crippen molar-refractivity contribution in [2.24, 2.45) is 0 Å². The first kappa shape index (κ1) is 15.9. The third kappa shape index (κ3) is 4.22. The molecule has 0 aromatic heterocycles. The van der Waals surface area contributed by atoms with Crippen LogP contribution in [0.25, 0.3) is 0 Å². The Morgan fingerprint density at radius 1 is 1.24 bits per heavy atom. The van der Waals surface area contributed by atoms with Crippen LogP contribution in [0, 0.1) is 11.6 Å². The Labute approximate surface area is 123 Å². The van der Waals surface area contributed by atoms with Gasteiger partial charge in [-0.25, -0.2) is 8.78 Å². The van der Waals surface area contributed by atoms with E-state index < -0.39 is 23.1 Å². The summed E-state index contributed by atoms with van der Waals surface area (Å²) in [5.74, 6) is -1.95. The molecular weight excluding hydrogens is 278 g/mol. The lowest BCUT2D eigenvalue weighted by molar-refractivity contribution is 0.0177. The van der Waals surface area contributed by atoms with Crippen molar-refractivity contribution < 1.29 is 18.7 Å². The van der Waals surface area contributed by atoms with Gasteiger partial charge >= 0.3 is 0 Å². The molecule has 6 heteroatoms. The van der Waals surface area contributed by atoms with Gasteiger partial charge in [-0.05, 0) is 26.0 Å². The summed E-state index contributed by atoms with van der Waals surface area (Å²) in [6.45, 7) is 6.17. The number of piperazine rings is 1. The van der Waals surface area contributed by atoms with E-state index >= 15 is 0 Å². The Kier molecular flexibility index (Phi) is 4.58. The summed E-state index contributed by atoms with van der Waals surface area (Å²) in [5, 5.41) is 9.78. The van der Waals surface area contributed by atoms with Gasteiger partial charge in [0.1, 0.15) is 11.6 Å². The fraction of sp³-hybridized carbons (Fsp3) is 0.533. The fourth-order valence-corrected chi connectivity index (χ4v) is 2.49. The van der Waals surface area contributed by atoms with Gasteiger partial charge in [-0.3, -0.25) is 9.69 Å². The first-order valence-corrected chi connectivity index (χ1v) is 6.95. The van der Waals surface area contributed by atoms with Crippen molar-refractivity contribution in [3.05, 3.63) is 35.4 Å². The van der Waals surface area contributed by atoms with Crippen LogP contribution in [0.5, 0.6) is 0 Å². The predicted molar refractivity (Wildman–Crippen MR) is 75.0 cm³/mol. The Morgan fingerprint density at radius 3 is 2.38 bits per heavy atom. The summed E-state index contributed by atoms with van der Waals surface area (Å²) in [5.41, 5.74) is -0.887. The lowest BCUT2D eigenvalue weighted by Gasteiger charge is -2.37. The zero-order valence-corrected chi connectivity index (χ0v) is 12.3. The van der Waals surface area contributed by atoms with E-state index in [2.05, 4.69) is 4.90 Å². The number of halogens is 2. The normalized spacial score (nSPS) is 17.1. The molecule has 4 nitrogen and oxygen atoms in total. The Bertz CT molecular complexity index is 521. The minimum atomic E-state index is -0.834. The van der Waals surface area contributed by atoms with E-state index in [1.165, 1.54) is 6.07 Å². The fourth-order valence-electron chi connectivity index (χ4n) is 2.49. The third-order valence-electron chi connectivity index (χ3n) is 3.43. The molecule has 1 heterocycles. The highest BCUT2D eigenvalue weighted by Crippen LogP contribution is 2.15. The zero-order chi connectivity index (χ0) is 15.6. The van der Waals surface area contributed by atoms with E-state index in [-0.39, 0.29) is 5.56 Å². The average Bonchev–Trinajstić information content (AvgIpc) is 2.37. The molecule has 0 radical (unpaired) electrons. The van der Waals surface area contributed by atoms with Gasteiger partial charge in [-0.2, -0.15) is 0 Å². The van der Waals surface area contributed by atoms with Crippen LogP contribution in [0.2, 0.25) is 0 Å². The minimum absolute atomic E-state index is 0.104. The van der Waals surface area contributed by atoms with Gasteiger partial charge in [0, 0.05) is 38.8 Å². The number of aliphatic hydroxyl groups is 1. The summed E-state index contributed by atoms with van der Waals surface area (Å²) in [7, 11) is 0. The van der Waals surface area contributed by atoms with Gasteiger partial charge in [0.15, 0.2) is 0 Å². The Hall–Kier alpha value is -1.53. The molecule has 1 fully saturated rings. The molecule has 1 amide bonds. The monoisotopic (exact) mass is 298 g/mol. The largest absolute Gasteiger partial charge is 0.389 e. The van der Waals surface area contributed by atoms with E-state index in [1.54, 1.807) is 18.7 Å². The van der Waals surface area contributed by atoms with Crippen LogP contribution in [-0.4, -0.2) is 59.1 Å². The second-order valence-electron chi connectivity index (χ2n) is 6.00. The quantitative estimate of drug-likeness (QED) is 0.919. The van der Waals surface area contributed by atoms with Crippen molar-refractivity contribution >= 4 is 5.91 Å². The van der Waals surface area contributed by atoms with Gasteiger partial charge in [-0.1, -0.05) is 0 Å². The second-order valence-corrected chi connectivity index (χ2v) is 6.00. The van der Waals surface area contributed by atoms with Crippen molar-refractivity contribution in [2.45, 2.75) is 19.4 Å². The van der Waals surface area contributed by atoms with Crippen molar-refractivity contribution in [3.8, 4) is 0 Å². The molecule has 1 N–H and O–H groups in total. The number of benzene rings is 1. The minimum Gasteiger partial charge on any atom is -0.389 e. The molecule has 1 aromatic rings. The maximum atomic E-state index is 13.6. The molecule has 116 valence electrons. The van der Waals surface area contributed by atoms with Crippen molar-refractivity contribution in [3.63, 3.8) is 0 Å². The Balaban J connectivity index is 1.97. The summed E-state index contributed by atoms with van der Waals surface area (Å²) >= 11 is 0. The standard InChI is InChI=1S/C15H20F2N2O2/c1-15(2,21)10-18-5-7-19(8-6-18)14(20)12-4-3-11(16)9-13(12)17/h3-4,9,21H,5-8,10H2,1-2H3. The van der Waals surface area contributed by atoms with Gasteiger partial charge < -0.3 is 10.0 Å². The summed E-state index contributed by atoms with van der Waals surface area (Å²) in [6.07, 6.45) is 0. The second kappa shape index (κ2) is 6.07. The average molecular weight is 298 g/mol. The summed E-state index contributed by atoms with van der Waals surface area (Å²) in [4.78, 5) is 15.8. The molecule has 1 aliphatic rings. The predicted octanol–water partition coefficient (Wildman–Crippen LogP) is 1.49. The number of hydrogen-bond donors (Lipinski definition) is 1. The molecule has 1 aromatic carbocycles. The lowest BCUT2D eigenvalue weighted by atomic mass is 10.1. The summed E-state index contributed by atoms with van der Waals surface area (Å²) in [6, 6.07) is 2.98. The van der Waals surface area contributed by atoms with E-state index in [1.807, 2.05) is 0 Å². The van der Waals surface area contributed by atoms with Crippen LogP contribution in [-0.2, 0) is 0 Å². The topological polar surface area (TPSA) is 43.8 Å². The highest BCUT2D eigenvalue weighted by molar-refractivity contribution is 5.94. The molecule has 0 spiro atoms. The maximum Gasteiger partial charge on any atom is 0.256 e. The van der Waals surface area contributed by atoms with E-state index in [0.29, 0.717) is 32.7 Å². The van der Waals surface area contributed by atoms with Gasteiger partial charge in [0.25, 0.3) is 5.91 Å². The van der Waals surface area contributed by atoms with Crippen LogP contribution < -0.4 is 0 Å².